The molecular weight excluding hydrogens is 879 g/mol. The number of aromatic amines is 2. The second-order valence-corrected chi connectivity index (χ2v) is 26.1. The van der Waals surface area contributed by atoms with Gasteiger partial charge in [0.2, 0.25) is 11.8 Å². The van der Waals surface area contributed by atoms with Gasteiger partial charge in [-0.3, -0.25) is 9.59 Å². The first-order valence-corrected chi connectivity index (χ1v) is 27.4. The van der Waals surface area contributed by atoms with Crippen LogP contribution < -0.4 is 15.5 Å². The van der Waals surface area contributed by atoms with E-state index in [9.17, 15) is 19.2 Å². The fourth-order valence-corrected chi connectivity index (χ4v) is 13.5. The minimum Gasteiger partial charge on any atom is -0.453 e. The van der Waals surface area contributed by atoms with Crippen LogP contribution in [0.1, 0.15) is 120 Å². The van der Waals surface area contributed by atoms with E-state index < -0.39 is 38.4 Å². The van der Waals surface area contributed by atoms with Crippen LogP contribution in [-0.2, 0) is 29.2 Å². The van der Waals surface area contributed by atoms with E-state index in [1.54, 1.807) is 6.92 Å². The number of methoxy groups -OCH3 is 3. The Morgan fingerprint density at radius 1 is 0.706 bits per heavy atom. The summed E-state index contributed by atoms with van der Waals surface area (Å²) < 4.78 is 15.3. The van der Waals surface area contributed by atoms with Crippen molar-refractivity contribution in [3.63, 3.8) is 0 Å². The molecule has 3 aromatic carbocycles. The highest BCUT2D eigenvalue weighted by atomic mass is 28.3. The van der Waals surface area contributed by atoms with Crippen molar-refractivity contribution in [3.05, 3.63) is 89.0 Å². The molecule has 3 saturated heterocycles. The Morgan fingerprint density at radius 3 is 1.75 bits per heavy atom. The lowest BCUT2D eigenvalue weighted by molar-refractivity contribution is -0.137. The maximum absolute atomic E-state index is 14.3. The molecule has 68 heavy (non-hydrogen) atoms. The first kappa shape index (κ1) is 48.5. The van der Waals surface area contributed by atoms with Crippen molar-refractivity contribution >= 4 is 59.8 Å². The predicted octanol–water partition coefficient (Wildman–Crippen LogP) is 8.75. The Labute approximate surface area is 400 Å². The molecular formula is C51H69N9O7Si. The van der Waals surface area contributed by atoms with Crippen molar-refractivity contribution in [2.75, 3.05) is 38.9 Å². The van der Waals surface area contributed by atoms with Crippen LogP contribution in [0.2, 0.25) is 19.1 Å². The average molecular weight is 948 g/mol. The second kappa shape index (κ2) is 19.2. The van der Waals surface area contributed by atoms with Crippen LogP contribution in [0, 0.1) is 5.92 Å². The maximum Gasteiger partial charge on any atom is 0.407 e. The van der Waals surface area contributed by atoms with Gasteiger partial charge in [0, 0.05) is 25.5 Å². The summed E-state index contributed by atoms with van der Waals surface area (Å²) in [5, 5.41) is 5.46. The van der Waals surface area contributed by atoms with Gasteiger partial charge in [0.15, 0.2) is 0 Å². The summed E-state index contributed by atoms with van der Waals surface area (Å²) in [4.78, 5) is 76.4. The number of fused-ring (bicyclic) bond motifs is 2. The number of likely N-dealkylation sites (tertiary alicyclic amines) is 1. The molecule has 4 N–H and O–H groups in total. The lowest BCUT2D eigenvalue weighted by Gasteiger charge is -2.34. The molecule has 5 aromatic rings. The van der Waals surface area contributed by atoms with E-state index in [0.29, 0.717) is 12.7 Å². The van der Waals surface area contributed by atoms with Gasteiger partial charge in [-0.25, -0.2) is 19.6 Å². The fraction of sp³-hybridized carbons (Fsp3) is 0.529. The Hall–Kier alpha value is -5.94. The number of imidazole rings is 2. The number of nitrogens with one attached hydrogen (secondary N) is 4. The molecule has 17 heteroatoms. The standard InChI is InChI=1S/C51H69N9O7Si/c1-29(2)43(56-49(63)66-8)47(61)58-24-12-13-41(58)45-52-35-20-14-31(25-37(35)54-45)39-22-23-40(60(39)34-18-16-33(17-19-34)51(4,5)6)32-15-21-36-38(26-32)55-46(53-36)42-27-68(10,11)28-59(42)48(62)44(30(3)65-7)57-50(64)67-9/h14-21,25-26,29-30,39-44H,12-13,22-24,27-28H2,1-11H3,(H,52,54)(H,53,55)(H,56,63)(H,57,64)/t30?,39-,40-,41+,42+,43+,44+/m1/s1. The van der Waals surface area contributed by atoms with Crippen molar-refractivity contribution in [3.8, 4) is 0 Å². The van der Waals surface area contributed by atoms with Gasteiger partial charge >= 0.3 is 12.2 Å². The number of nitrogens with zero attached hydrogens (tertiary/aromatic N) is 5. The first-order chi connectivity index (χ1) is 32.3. The van der Waals surface area contributed by atoms with Gasteiger partial charge in [0.25, 0.3) is 0 Å². The molecule has 0 radical (unpaired) electrons. The third-order valence-electron chi connectivity index (χ3n) is 14.4. The minimum atomic E-state index is -1.86. The normalized spacial score (nSPS) is 21.9. The van der Waals surface area contributed by atoms with Gasteiger partial charge in [-0.15, -0.1) is 0 Å². The third-order valence-corrected chi connectivity index (χ3v) is 17.1. The number of amides is 4. The molecule has 364 valence electrons. The first-order valence-electron chi connectivity index (χ1n) is 24.0. The molecule has 16 nitrogen and oxygen atoms in total. The van der Waals surface area contributed by atoms with Crippen molar-refractivity contribution in [1.82, 2.24) is 40.4 Å². The third kappa shape index (κ3) is 9.69. The van der Waals surface area contributed by atoms with Crippen LogP contribution in [0.3, 0.4) is 0 Å². The number of carbonyl (C=O) groups is 4. The monoisotopic (exact) mass is 948 g/mol. The molecule has 4 amide bonds. The van der Waals surface area contributed by atoms with Crippen molar-refractivity contribution < 1.29 is 33.4 Å². The number of hydrogen-bond donors (Lipinski definition) is 4. The SMILES string of the molecule is COC(=O)N[C@H](C(=O)N1CCC[C@H]1c1nc2ccc([C@H]3CC[C@H](c4ccc5nc([C@@H]6C[Si](C)(C)CN6C(=O)[C@@H](NC(=O)OC)C(C)OC)[nH]c5c4)N3c3ccc(C(C)(C)C)cc3)cc2[nH]1)C(C)C. The van der Waals surface area contributed by atoms with Gasteiger partial charge in [-0.2, -0.15) is 0 Å². The zero-order valence-electron chi connectivity index (χ0n) is 41.4. The number of ether oxygens (including phenoxy) is 3. The average Bonchev–Trinajstić information content (AvgIpc) is 4.17. The summed E-state index contributed by atoms with van der Waals surface area (Å²) in [5.41, 5.74) is 8.22. The zero-order valence-corrected chi connectivity index (χ0v) is 42.4. The molecule has 0 aliphatic carbocycles. The van der Waals surface area contributed by atoms with E-state index in [4.69, 9.17) is 24.2 Å². The summed E-state index contributed by atoms with van der Waals surface area (Å²) in [5.74, 6) is 0.997. The van der Waals surface area contributed by atoms with Crippen LogP contribution in [0.5, 0.6) is 0 Å². The van der Waals surface area contributed by atoms with Crippen molar-refractivity contribution in [1.29, 1.82) is 0 Å². The highest BCUT2D eigenvalue weighted by molar-refractivity contribution is 6.78. The van der Waals surface area contributed by atoms with E-state index in [-0.39, 0.29) is 47.3 Å². The summed E-state index contributed by atoms with van der Waals surface area (Å²) in [6.07, 6.45) is 2.17. The number of rotatable bonds is 12. The Bertz CT molecular complexity index is 2660. The van der Waals surface area contributed by atoms with E-state index in [2.05, 4.69) is 120 Å². The van der Waals surface area contributed by atoms with E-state index >= 15 is 0 Å². The maximum atomic E-state index is 14.3. The van der Waals surface area contributed by atoms with Crippen LogP contribution in [0.4, 0.5) is 15.3 Å². The van der Waals surface area contributed by atoms with Crippen molar-refractivity contribution in [2.24, 2.45) is 5.92 Å². The molecule has 3 aliphatic heterocycles. The number of aromatic nitrogens is 4. The molecule has 1 unspecified atom stereocenters. The minimum absolute atomic E-state index is 0.000143. The van der Waals surface area contributed by atoms with Gasteiger partial charge in [-0.05, 0) is 103 Å². The molecule has 0 spiro atoms. The number of benzene rings is 3. The van der Waals surface area contributed by atoms with E-state index in [0.717, 1.165) is 76.7 Å². The number of alkyl carbamates (subject to hydrolysis) is 2. The smallest absolute Gasteiger partial charge is 0.407 e. The molecule has 7 atom stereocenters. The summed E-state index contributed by atoms with van der Waals surface area (Å²) in [6, 6.07) is 20.7. The van der Waals surface area contributed by atoms with Gasteiger partial charge in [0.1, 0.15) is 23.7 Å². The quantitative estimate of drug-likeness (QED) is 0.0881. The molecule has 8 rings (SSSR count). The molecule has 3 aliphatic rings. The molecule has 5 heterocycles. The topological polar surface area (TPSA) is 187 Å². The van der Waals surface area contributed by atoms with Crippen molar-refractivity contribution in [2.45, 2.75) is 134 Å². The van der Waals surface area contributed by atoms with E-state index in [1.807, 2.05) is 23.6 Å². The van der Waals surface area contributed by atoms with E-state index in [1.165, 1.54) is 32.5 Å². The van der Waals surface area contributed by atoms with Crippen LogP contribution >= 0.6 is 0 Å². The van der Waals surface area contributed by atoms with Crippen LogP contribution in [0.15, 0.2) is 60.7 Å². The summed E-state index contributed by atoms with van der Waals surface area (Å²) in [6.45, 7) is 17.4. The van der Waals surface area contributed by atoms with Gasteiger partial charge in [0.05, 0.1) is 74.6 Å². The molecule has 0 saturated carbocycles. The summed E-state index contributed by atoms with van der Waals surface area (Å²) in [7, 11) is 2.24. The second-order valence-electron chi connectivity index (χ2n) is 21.1. The molecule has 3 fully saturated rings. The molecule has 0 bridgehead atoms. The number of anilines is 1. The highest BCUT2D eigenvalue weighted by Crippen LogP contribution is 2.48. The Kier molecular flexibility index (Phi) is 13.7. The Morgan fingerprint density at radius 2 is 1.24 bits per heavy atom. The largest absolute Gasteiger partial charge is 0.453 e. The Balaban J connectivity index is 1.10. The fourth-order valence-electron chi connectivity index (χ4n) is 10.6. The number of hydrogen-bond acceptors (Lipinski definition) is 10. The lowest BCUT2D eigenvalue weighted by Crippen LogP contribution is -2.54. The summed E-state index contributed by atoms with van der Waals surface area (Å²) >= 11 is 0. The van der Waals surface area contributed by atoms with Crippen LogP contribution in [0.25, 0.3) is 22.1 Å². The number of carbonyl (C=O) groups excluding carboxylic acids is 4. The highest BCUT2D eigenvalue weighted by Gasteiger charge is 2.47. The van der Waals surface area contributed by atoms with Gasteiger partial charge in [-0.1, -0.05) is 72.0 Å². The van der Waals surface area contributed by atoms with Crippen LogP contribution in [-0.4, -0.2) is 114 Å². The number of H-pyrrole nitrogens is 2. The lowest BCUT2D eigenvalue weighted by atomic mass is 9.87. The molecule has 2 aromatic heterocycles. The van der Waals surface area contributed by atoms with Gasteiger partial charge < -0.3 is 49.5 Å². The zero-order chi connectivity index (χ0) is 48.8. The predicted molar refractivity (Wildman–Crippen MR) is 265 cm³/mol.